The molecule has 1 aromatic heterocycles. The molecule has 0 bridgehead atoms. The number of guanidine groups is 1. The predicted octanol–water partition coefficient (Wildman–Crippen LogP) is 1.83. The molecule has 8 heteroatoms. The molecule has 2 heterocycles. The Hall–Kier alpha value is -1.32. The van der Waals surface area contributed by atoms with Crippen LogP contribution in [0.4, 0.5) is 0 Å². The number of carbonyl (C=O) groups is 1. The highest BCUT2D eigenvalue weighted by atomic mass is 127. The van der Waals surface area contributed by atoms with E-state index in [9.17, 15) is 4.79 Å². The molecular weight excluding hydrogens is 431 g/mol. The summed E-state index contributed by atoms with van der Waals surface area (Å²) in [7, 11) is 3.52. The van der Waals surface area contributed by atoms with Gasteiger partial charge in [-0.1, -0.05) is 13.8 Å². The summed E-state index contributed by atoms with van der Waals surface area (Å²) >= 11 is 0. The second-order valence-electron chi connectivity index (χ2n) is 6.64. The van der Waals surface area contributed by atoms with Crippen LogP contribution in [-0.2, 0) is 4.79 Å². The molecule has 2 rings (SSSR count). The smallest absolute Gasteiger partial charge is 0.243 e. The number of carbonyl (C=O) groups excluding carboxylic acids is 1. The summed E-state index contributed by atoms with van der Waals surface area (Å²) < 4.78 is 2.18. The summed E-state index contributed by atoms with van der Waals surface area (Å²) in [6.07, 6.45) is 7.85. The number of aromatic nitrogens is 2. The number of rotatable bonds is 5. The van der Waals surface area contributed by atoms with Crippen molar-refractivity contribution in [2.24, 2.45) is 10.9 Å². The van der Waals surface area contributed by atoms with Gasteiger partial charge in [-0.2, -0.15) is 0 Å². The third-order valence-corrected chi connectivity index (χ3v) is 4.52. The molecule has 0 saturated carbocycles. The average molecular weight is 462 g/mol. The van der Waals surface area contributed by atoms with Crippen LogP contribution >= 0.6 is 24.0 Å². The van der Waals surface area contributed by atoms with Gasteiger partial charge in [0, 0.05) is 46.1 Å². The largest absolute Gasteiger partial charge is 0.356 e. The summed E-state index contributed by atoms with van der Waals surface area (Å²) in [5.41, 5.74) is 0. The molecule has 2 atom stereocenters. The second-order valence-corrected chi connectivity index (χ2v) is 6.64. The van der Waals surface area contributed by atoms with E-state index >= 15 is 0 Å². The summed E-state index contributed by atoms with van der Waals surface area (Å²) in [6.45, 7) is 7.29. The van der Waals surface area contributed by atoms with Gasteiger partial charge in [-0.3, -0.25) is 4.79 Å². The lowest BCUT2D eigenvalue weighted by Gasteiger charge is -2.39. The number of hydrogen-bond donors (Lipinski definition) is 1. The summed E-state index contributed by atoms with van der Waals surface area (Å²) in [5.74, 6) is 1.44. The first-order valence-corrected chi connectivity index (χ1v) is 8.73. The molecule has 0 aliphatic carbocycles. The minimum atomic E-state index is 0. The van der Waals surface area contributed by atoms with Crippen LogP contribution in [0.25, 0.3) is 0 Å². The van der Waals surface area contributed by atoms with Crippen molar-refractivity contribution in [2.75, 3.05) is 40.3 Å². The maximum absolute atomic E-state index is 11.9. The molecule has 0 radical (unpaired) electrons. The Labute approximate surface area is 167 Å². The van der Waals surface area contributed by atoms with Gasteiger partial charge >= 0.3 is 0 Å². The van der Waals surface area contributed by atoms with Crippen LogP contribution in [0.1, 0.15) is 32.7 Å². The summed E-state index contributed by atoms with van der Waals surface area (Å²) in [6, 6.07) is 0.374. The van der Waals surface area contributed by atoms with Gasteiger partial charge in [0.2, 0.25) is 5.91 Å². The van der Waals surface area contributed by atoms with Gasteiger partial charge in [0.15, 0.2) is 5.96 Å². The van der Waals surface area contributed by atoms with E-state index in [0.717, 1.165) is 38.4 Å². The number of likely N-dealkylation sites (N-methyl/N-ethyl adjacent to an activating group) is 1. The molecule has 1 aliphatic rings. The van der Waals surface area contributed by atoms with Crippen molar-refractivity contribution < 1.29 is 4.79 Å². The normalized spacial score (nSPS) is 20.8. The molecule has 142 valence electrons. The minimum absolute atomic E-state index is 0. The van der Waals surface area contributed by atoms with E-state index in [0.29, 0.717) is 12.0 Å². The fraction of sp³-hybridized carbons (Fsp3) is 0.706. The highest BCUT2D eigenvalue weighted by Gasteiger charge is 2.29. The Kier molecular flexibility index (Phi) is 9.23. The van der Waals surface area contributed by atoms with E-state index in [4.69, 9.17) is 0 Å². The van der Waals surface area contributed by atoms with Crippen LogP contribution in [0.5, 0.6) is 0 Å². The number of halogens is 1. The molecule has 7 nitrogen and oxygen atoms in total. The molecule has 1 saturated heterocycles. The quantitative estimate of drug-likeness (QED) is 0.412. The zero-order chi connectivity index (χ0) is 17.5. The minimum Gasteiger partial charge on any atom is -0.356 e. The lowest BCUT2D eigenvalue weighted by Crippen LogP contribution is -2.49. The lowest BCUT2D eigenvalue weighted by molar-refractivity contribution is -0.127. The Morgan fingerprint density at radius 1 is 1.44 bits per heavy atom. The van der Waals surface area contributed by atoms with E-state index in [1.165, 1.54) is 0 Å². The van der Waals surface area contributed by atoms with Crippen molar-refractivity contribution in [3.63, 3.8) is 0 Å². The maximum atomic E-state index is 11.9. The number of hydrogen-bond acceptors (Lipinski definition) is 3. The Morgan fingerprint density at radius 2 is 2.20 bits per heavy atom. The molecule has 1 amide bonds. The van der Waals surface area contributed by atoms with Crippen molar-refractivity contribution in [1.82, 2.24) is 24.7 Å². The zero-order valence-corrected chi connectivity index (χ0v) is 18.0. The number of amides is 1. The number of nitrogens with zero attached hydrogens (tertiary/aromatic N) is 5. The van der Waals surface area contributed by atoms with Crippen LogP contribution in [0.3, 0.4) is 0 Å². The molecule has 1 aliphatic heterocycles. The Morgan fingerprint density at radius 3 is 2.80 bits per heavy atom. The fourth-order valence-electron chi connectivity index (χ4n) is 2.88. The third kappa shape index (κ3) is 6.16. The number of piperidine rings is 1. The SMILES string of the molecule is CCCNC(=NCC(=O)N(C)C)N1CCC(C)C(n2ccnc2)C1.I. The molecular formula is C17H31IN6O. The standard InChI is InChI=1S/C17H30N6O.HI/c1-5-7-19-17(20-11-16(24)21(3)4)22-9-6-14(2)15(12-22)23-10-8-18-13-23;/h8,10,13-15H,5-7,9,11-12H2,1-4H3,(H,19,20);1H. The Bertz CT molecular complexity index is 545. The van der Waals surface area contributed by atoms with Crippen LogP contribution < -0.4 is 5.32 Å². The first-order chi connectivity index (χ1) is 11.5. The first kappa shape index (κ1) is 21.7. The van der Waals surface area contributed by atoms with Crippen molar-refractivity contribution >= 4 is 35.8 Å². The van der Waals surface area contributed by atoms with E-state index < -0.39 is 0 Å². The summed E-state index contributed by atoms with van der Waals surface area (Å²) in [5, 5.41) is 3.39. The van der Waals surface area contributed by atoms with Crippen LogP contribution in [0.2, 0.25) is 0 Å². The zero-order valence-electron chi connectivity index (χ0n) is 15.7. The van der Waals surface area contributed by atoms with E-state index in [-0.39, 0.29) is 36.4 Å². The molecule has 2 unspecified atom stereocenters. The van der Waals surface area contributed by atoms with Gasteiger partial charge in [-0.05, 0) is 18.8 Å². The van der Waals surface area contributed by atoms with Gasteiger partial charge < -0.3 is 19.7 Å². The van der Waals surface area contributed by atoms with E-state index in [2.05, 4.69) is 38.6 Å². The van der Waals surface area contributed by atoms with Crippen molar-refractivity contribution in [1.29, 1.82) is 0 Å². The predicted molar refractivity (Wildman–Crippen MR) is 111 cm³/mol. The van der Waals surface area contributed by atoms with Crippen molar-refractivity contribution in [3.05, 3.63) is 18.7 Å². The third-order valence-electron chi connectivity index (χ3n) is 4.52. The average Bonchev–Trinajstić information content (AvgIpc) is 3.09. The van der Waals surface area contributed by atoms with Gasteiger partial charge in [0.05, 0.1) is 12.4 Å². The van der Waals surface area contributed by atoms with Crippen LogP contribution in [0.15, 0.2) is 23.7 Å². The van der Waals surface area contributed by atoms with Crippen LogP contribution in [-0.4, -0.2) is 71.5 Å². The molecule has 1 fully saturated rings. The van der Waals surface area contributed by atoms with E-state index in [1.807, 2.05) is 18.7 Å². The lowest BCUT2D eigenvalue weighted by atomic mass is 9.93. The van der Waals surface area contributed by atoms with Gasteiger partial charge in [-0.15, -0.1) is 24.0 Å². The van der Waals surface area contributed by atoms with Crippen LogP contribution in [0, 0.1) is 5.92 Å². The maximum Gasteiger partial charge on any atom is 0.243 e. The highest BCUT2D eigenvalue weighted by Crippen LogP contribution is 2.27. The first-order valence-electron chi connectivity index (χ1n) is 8.73. The number of imidazole rings is 1. The van der Waals surface area contributed by atoms with Gasteiger partial charge in [0.1, 0.15) is 6.54 Å². The van der Waals surface area contributed by atoms with E-state index in [1.54, 1.807) is 19.0 Å². The number of likely N-dealkylation sites (tertiary alicyclic amines) is 1. The number of aliphatic imine (C=N–C) groups is 1. The highest BCUT2D eigenvalue weighted by molar-refractivity contribution is 14.0. The molecule has 0 aromatic carbocycles. The van der Waals surface area contributed by atoms with Crippen molar-refractivity contribution in [2.45, 2.75) is 32.7 Å². The van der Waals surface area contributed by atoms with Gasteiger partial charge in [0.25, 0.3) is 0 Å². The fourth-order valence-corrected chi connectivity index (χ4v) is 2.88. The topological polar surface area (TPSA) is 65.8 Å². The molecule has 1 aromatic rings. The molecule has 0 spiro atoms. The van der Waals surface area contributed by atoms with Gasteiger partial charge in [-0.25, -0.2) is 9.98 Å². The summed E-state index contributed by atoms with van der Waals surface area (Å²) in [4.78, 5) is 24.5. The number of nitrogens with one attached hydrogen (secondary N) is 1. The van der Waals surface area contributed by atoms with Crippen molar-refractivity contribution in [3.8, 4) is 0 Å². The second kappa shape index (κ2) is 10.6. The monoisotopic (exact) mass is 462 g/mol. The Balaban J connectivity index is 0.00000312. The molecule has 25 heavy (non-hydrogen) atoms. The molecule has 1 N–H and O–H groups in total.